The third-order valence-corrected chi connectivity index (χ3v) is 2.75. The molecule has 1 aromatic rings. The van der Waals surface area contributed by atoms with Crippen LogP contribution in [-0.4, -0.2) is 26.2 Å². The van der Waals surface area contributed by atoms with Crippen molar-refractivity contribution in [1.82, 2.24) is 5.32 Å². The fourth-order valence-corrected chi connectivity index (χ4v) is 1.85. The van der Waals surface area contributed by atoms with Crippen molar-refractivity contribution in [2.24, 2.45) is 0 Å². The van der Waals surface area contributed by atoms with Crippen molar-refractivity contribution < 1.29 is 9.53 Å². The van der Waals surface area contributed by atoms with Crippen LogP contribution in [0.25, 0.3) is 0 Å². The van der Waals surface area contributed by atoms with E-state index in [0.29, 0.717) is 0 Å². The fourth-order valence-electron chi connectivity index (χ4n) is 1.85. The predicted octanol–water partition coefficient (Wildman–Crippen LogP) is 1.92. The molecule has 1 aromatic carbocycles. The van der Waals surface area contributed by atoms with E-state index >= 15 is 0 Å². The van der Waals surface area contributed by atoms with Gasteiger partial charge in [0.1, 0.15) is 6.10 Å². The third kappa shape index (κ3) is 1.96. The van der Waals surface area contributed by atoms with Crippen molar-refractivity contribution in [3.05, 3.63) is 29.8 Å². The smallest absolute Gasteiger partial charge is 0.408 e. The summed E-state index contributed by atoms with van der Waals surface area (Å²) in [5.41, 5.74) is 2.13. The molecule has 1 aliphatic heterocycles. The van der Waals surface area contributed by atoms with E-state index in [1.807, 2.05) is 50.2 Å². The average Bonchev–Trinajstić information content (AvgIpc) is 2.58. The van der Waals surface area contributed by atoms with Crippen molar-refractivity contribution in [2.45, 2.75) is 19.1 Å². The van der Waals surface area contributed by atoms with Crippen molar-refractivity contribution in [3.8, 4) is 0 Å². The van der Waals surface area contributed by atoms with Gasteiger partial charge in [0.25, 0.3) is 0 Å². The van der Waals surface area contributed by atoms with E-state index in [-0.39, 0.29) is 18.2 Å². The van der Waals surface area contributed by atoms with Gasteiger partial charge < -0.3 is 15.0 Å². The summed E-state index contributed by atoms with van der Waals surface area (Å²) < 4.78 is 5.23. The largest absolute Gasteiger partial charge is 0.439 e. The number of alkyl carbamates (subject to hydrolysis) is 1. The standard InChI is InChI=1S/C12H16N2O2/c1-8-11(16-12(15)13-8)9-5-4-6-10(7-9)14(2)3/h4-8,11H,1-3H3,(H,13,15)/t8-,11-/m0/s1. The minimum Gasteiger partial charge on any atom is -0.439 e. The second-order valence-electron chi connectivity index (χ2n) is 4.25. The third-order valence-electron chi connectivity index (χ3n) is 2.75. The number of anilines is 1. The molecule has 2 atom stereocenters. The number of benzene rings is 1. The molecule has 16 heavy (non-hydrogen) atoms. The first-order chi connectivity index (χ1) is 7.58. The van der Waals surface area contributed by atoms with Crippen LogP contribution in [0, 0.1) is 0 Å². The van der Waals surface area contributed by atoms with E-state index in [1.54, 1.807) is 0 Å². The van der Waals surface area contributed by atoms with Crippen molar-refractivity contribution in [3.63, 3.8) is 0 Å². The van der Waals surface area contributed by atoms with E-state index in [2.05, 4.69) is 5.32 Å². The van der Waals surface area contributed by atoms with Gasteiger partial charge in [-0.25, -0.2) is 4.79 Å². The molecule has 0 aliphatic carbocycles. The van der Waals surface area contributed by atoms with E-state index in [0.717, 1.165) is 11.3 Å². The van der Waals surface area contributed by atoms with Crippen molar-refractivity contribution in [1.29, 1.82) is 0 Å². The minimum atomic E-state index is -0.340. The number of nitrogens with one attached hydrogen (secondary N) is 1. The Balaban J connectivity index is 2.27. The number of carbonyl (C=O) groups is 1. The number of carbonyl (C=O) groups excluding carboxylic acids is 1. The highest BCUT2D eigenvalue weighted by Crippen LogP contribution is 2.28. The molecule has 0 radical (unpaired) electrons. The molecule has 1 aliphatic rings. The Morgan fingerprint density at radius 3 is 2.69 bits per heavy atom. The highest BCUT2D eigenvalue weighted by Gasteiger charge is 2.31. The van der Waals surface area contributed by atoms with Crippen LogP contribution < -0.4 is 10.2 Å². The normalized spacial score (nSPS) is 23.8. The Bertz CT molecular complexity index is 404. The van der Waals surface area contributed by atoms with Crippen LogP contribution in [0.15, 0.2) is 24.3 Å². The monoisotopic (exact) mass is 220 g/mol. The number of ether oxygens (including phenoxy) is 1. The van der Waals surface area contributed by atoms with Gasteiger partial charge in [-0.3, -0.25) is 0 Å². The zero-order valence-corrected chi connectivity index (χ0v) is 9.73. The number of nitrogens with zero attached hydrogens (tertiary/aromatic N) is 1. The molecule has 0 unspecified atom stereocenters. The Hall–Kier alpha value is -1.71. The lowest BCUT2D eigenvalue weighted by atomic mass is 10.0. The summed E-state index contributed by atoms with van der Waals surface area (Å²) in [6.45, 7) is 1.94. The topological polar surface area (TPSA) is 41.6 Å². The maximum Gasteiger partial charge on any atom is 0.408 e. The van der Waals surface area contributed by atoms with Gasteiger partial charge in [-0.1, -0.05) is 12.1 Å². The highest BCUT2D eigenvalue weighted by molar-refractivity contribution is 5.70. The molecule has 1 amide bonds. The van der Waals surface area contributed by atoms with Gasteiger partial charge in [-0.15, -0.1) is 0 Å². The van der Waals surface area contributed by atoms with Crippen LogP contribution in [0.4, 0.5) is 10.5 Å². The summed E-state index contributed by atoms with van der Waals surface area (Å²) in [6, 6.07) is 8.04. The molecule has 0 saturated carbocycles. The van der Waals surface area contributed by atoms with Gasteiger partial charge in [0.2, 0.25) is 0 Å². The molecule has 1 N–H and O–H groups in total. The Labute approximate surface area is 95.2 Å². The van der Waals surface area contributed by atoms with Gasteiger partial charge >= 0.3 is 6.09 Å². The Kier molecular flexibility index (Phi) is 2.73. The maximum absolute atomic E-state index is 11.1. The van der Waals surface area contributed by atoms with E-state index < -0.39 is 0 Å². The molecule has 0 spiro atoms. The second-order valence-corrected chi connectivity index (χ2v) is 4.25. The first-order valence-electron chi connectivity index (χ1n) is 5.32. The molecule has 1 saturated heterocycles. The lowest BCUT2D eigenvalue weighted by Gasteiger charge is -2.17. The second kappa shape index (κ2) is 4.04. The summed E-state index contributed by atoms with van der Waals surface area (Å²) in [5, 5.41) is 2.74. The number of rotatable bonds is 2. The maximum atomic E-state index is 11.1. The van der Waals surface area contributed by atoms with Crippen LogP contribution in [-0.2, 0) is 4.74 Å². The molecule has 86 valence electrons. The van der Waals surface area contributed by atoms with Crippen molar-refractivity contribution >= 4 is 11.8 Å². The summed E-state index contributed by atoms with van der Waals surface area (Å²) in [6.07, 6.45) is -0.528. The zero-order chi connectivity index (χ0) is 11.7. The van der Waals surface area contributed by atoms with Crippen molar-refractivity contribution in [2.75, 3.05) is 19.0 Å². The van der Waals surface area contributed by atoms with E-state index in [1.165, 1.54) is 0 Å². The minimum absolute atomic E-state index is 0.0184. The van der Waals surface area contributed by atoms with Crippen LogP contribution in [0.5, 0.6) is 0 Å². The molecular weight excluding hydrogens is 204 g/mol. The van der Waals surface area contributed by atoms with Gasteiger partial charge in [0.05, 0.1) is 6.04 Å². The van der Waals surface area contributed by atoms with Crippen LogP contribution in [0.2, 0.25) is 0 Å². The molecular formula is C12H16N2O2. The summed E-state index contributed by atoms with van der Waals surface area (Å²) in [5.74, 6) is 0. The number of hydrogen-bond donors (Lipinski definition) is 1. The van der Waals surface area contributed by atoms with Gasteiger partial charge in [-0.05, 0) is 24.6 Å². The van der Waals surface area contributed by atoms with Crippen LogP contribution in [0.3, 0.4) is 0 Å². The first kappa shape index (κ1) is 10.8. The van der Waals surface area contributed by atoms with Gasteiger partial charge in [-0.2, -0.15) is 0 Å². The average molecular weight is 220 g/mol. The number of cyclic esters (lactones) is 1. The fraction of sp³-hybridized carbons (Fsp3) is 0.417. The number of amides is 1. The van der Waals surface area contributed by atoms with Gasteiger partial charge in [0.15, 0.2) is 0 Å². The molecule has 4 heteroatoms. The predicted molar refractivity (Wildman–Crippen MR) is 62.6 cm³/mol. The molecule has 4 nitrogen and oxygen atoms in total. The van der Waals surface area contributed by atoms with Gasteiger partial charge in [0, 0.05) is 19.8 Å². The SMILES string of the molecule is C[C@@H]1NC(=O)O[C@@H]1c1cccc(N(C)C)c1. The molecule has 0 aromatic heterocycles. The molecule has 1 heterocycles. The van der Waals surface area contributed by atoms with Crippen LogP contribution in [0.1, 0.15) is 18.6 Å². The zero-order valence-electron chi connectivity index (χ0n) is 9.73. The molecule has 1 fully saturated rings. The summed E-state index contributed by atoms with van der Waals surface area (Å²) in [4.78, 5) is 13.1. The molecule has 0 bridgehead atoms. The molecule has 2 rings (SSSR count). The summed E-state index contributed by atoms with van der Waals surface area (Å²) in [7, 11) is 3.98. The highest BCUT2D eigenvalue weighted by atomic mass is 16.6. The Morgan fingerprint density at radius 2 is 2.12 bits per heavy atom. The number of hydrogen-bond acceptors (Lipinski definition) is 3. The Morgan fingerprint density at radius 1 is 1.38 bits per heavy atom. The van der Waals surface area contributed by atoms with Crippen LogP contribution >= 0.6 is 0 Å². The summed E-state index contributed by atoms with van der Waals surface area (Å²) >= 11 is 0. The van der Waals surface area contributed by atoms with E-state index in [9.17, 15) is 4.79 Å². The first-order valence-corrected chi connectivity index (χ1v) is 5.32. The quantitative estimate of drug-likeness (QED) is 0.828. The lowest BCUT2D eigenvalue weighted by Crippen LogP contribution is -2.23. The lowest BCUT2D eigenvalue weighted by molar-refractivity contribution is 0.134. The van der Waals surface area contributed by atoms with E-state index in [4.69, 9.17) is 4.74 Å².